The Kier molecular flexibility index (Phi) is 4.73. The van der Waals surface area contributed by atoms with Crippen LogP contribution in [0.25, 0.3) is 0 Å². The highest BCUT2D eigenvalue weighted by atomic mass is 79.9. The number of hydrogen-bond acceptors (Lipinski definition) is 4. The van der Waals surface area contributed by atoms with E-state index in [9.17, 15) is 0 Å². The summed E-state index contributed by atoms with van der Waals surface area (Å²) in [7, 11) is 0. The molecule has 2 aromatic rings. The van der Waals surface area contributed by atoms with Crippen molar-refractivity contribution in [1.82, 2.24) is 0 Å². The summed E-state index contributed by atoms with van der Waals surface area (Å²) >= 11 is 5.20. The SMILES string of the molecule is NCc1ccc(Br)cc1Sc1ccc2c(c1)OCCCO2. The molecule has 0 spiro atoms. The van der Waals surface area contributed by atoms with Gasteiger partial charge in [0.05, 0.1) is 13.2 Å². The van der Waals surface area contributed by atoms with Crippen LogP contribution >= 0.6 is 27.7 Å². The zero-order valence-electron chi connectivity index (χ0n) is 11.5. The smallest absolute Gasteiger partial charge is 0.162 e. The fourth-order valence-corrected chi connectivity index (χ4v) is 3.66. The van der Waals surface area contributed by atoms with Gasteiger partial charge in [0.2, 0.25) is 0 Å². The molecular weight excluding hydrogens is 350 g/mol. The molecule has 0 amide bonds. The van der Waals surface area contributed by atoms with Crippen LogP contribution in [0.1, 0.15) is 12.0 Å². The molecule has 0 aromatic heterocycles. The van der Waals surface area contributed by atoms with Gasteiger partial charge >= 0.3 is 0 Å². The van der Waals surface area contributed by atoms with E-state index < -0.39 is 0 Å². The van der Waals surface area contributed by atoms with E-state index in [1.54, 1.807) is 11.8 Å². The molecule has 0 aliphatic carbocycles. The summed E-state index contributed by atoms with van der Waals surface area (Å²) in [4.78, 5) is 2.27. The lowest BCUT2D eigenvalue weighted by Gasteiger charge is -2.11. The van der Waals surface area contributed by atoms with Crippen LogP contribution < -0.4 is 15.2 Å². The van der Waals surface area contributed by atoms with Crippen molar-refractivity contribution >= 4 is 27.7 Å². The van der Waals surface area contributed by atoms with Crippen LogP contribution in [0.2, 0.25) is 0 Å². The van der Waals surface area contributed by atoms with Gasteiger partial charge in [0.1, 0.15) is 0 Å². The third-order valence-electron chi connectivity index (χ3n) is 3.20. The molecule has 0 radical (unpaired) electrons. The van der Waals surface area contributed by atoms with E-state index in [4.69, 9.17) is 15.2 Å². The van der Waals surface area contributed by atoms with Gasteiger partial charge in [0.25, 0.3) is 0 Å². The number of halogens is 1. The average molecular weight is 366 g/mol. The minimum atomic E-state index is 0.528. The normalized spacial score (nSPS) is 13.8. The van der Waals surface area contributed by atoms with Crippen LogP contribution in [0, 0.1) is 0 Å². The van der Waals surface area contributed by atoms with Crippen molar-refractivity contribution < 1.29 is 9.47 Å². The molecular formula is C16H16BrNO2S. The Morgan fingerprint density at radius 2 is 1.86 bits per heavy atom. The van der Waals surface area contributed by atoms with Gasteiger partial charge in [0, 0.05) is 27.2 Å². The van der Waals surface area contributed by atoms with Gasteiger partial charge in [-0.15, -0.1) is 0 Å². The van der Waals surface area contributed by atoms with E-state index in [0.717, 1.165) is 37.7 Å². The molecule has 0 saturated heterocycles. The van der Waals surface area contributed by atoms with Crippen molar-refractivity contribution in [2.75, 3.05) is 13.2 Å². The van der Waals surface area contributed by atoms with Crippen molar-refractivity contribution in [3.8, 4) is 11.5 Å². The molecule has 2 aromatic carbocycles. The van der Waals surface area contributed by atoms with Gasteiger partial charge in [0.15, 0.2) is 11.5 Å². The lowest BCUT2D eigenvalue weighted by molar-refractivity contribution is 0.297. The fourth-order valence-electron chi connectivity index (χ4n) is 2.13. The van der Waals surface area contributed by atoms with Crippen molar-refractivity contribution in [2.24, 2.45) is 5.73 Å². The van der Waals surface area contributed by atoms with Crippen LogP contribution in [0.5, 0.6) is 11.5 Å². The molecule has 2 N–H and O–H groups in total. The van der Waals surface area contributed by atoms with Gasteiger partial charge < -0.3 is 15.2 Å². The van der Waals surface area contributed by atoms with Crippen LogP contribution in [0.15, 0.2) is 50.7 Å². The van der Waals surface area contributed by atoms with E-state index in [-0.39, 0.29) is 0 Å². The summed E-state index contributed by atoms with van der Waals surface area (Å²) in [6.07, 6.45) is 0.917. The molecule has 5 heteroatoms. The monoisotopic (exact) mass is 365 g/mol. The second kappa shape index (κ2) is 6.73. The number of rotatable bonds is 3. The second-order valence-electron chi connectivity index (χ2n) is 4.72. The molecule has 1 heterocycles. The molecule has 0 unspecified atom stereocenters. The lowest BCUT2D eigenvalue weighted by Crippen LogP contribution is -1.98. The summed E-state index contributed by atoms with van der Waals surface area (Å²) in [5.74, 6) is 1.65. The first-order valence-corrected chi connectivity index (χ1v) is 8.43. The number of ether oxygens (including phenoxy) is 2. The van der Waals surface area contributed by atoms with Crippen molar-refractivity contribution in [3.05, 3.63) is 46.4 Å². The molecule has 21 heavy (non-hydrogen) atoms. The summed E-state index contributed by atoms with van der Waals surface area (Å²) in [6, 6.07) is 12.2. The Morgan fingerprint density at radius 1 is 1.05 bits per heavy atom. The highest BCUT2D eigenvalue weighted by molar-refractivity contribution is 9.10. The first kappa shape index (κ1) is 14.8. The number of benzene rings is 2. The number of hydrogen-bond donors (Lipinski definition) is 1. The highest BCUT2D eigenvalue weighted by Crippen LogP contribution is 2.38. The standard InChI is InChI=1S/C16H16BrNO2S/c17-12-3-2-11(10-18)16(8-12)21-13-4-5-14-15(9-13)20-7-1-6-19-14/h2-5,8-9H,1,6-7,10,18H2. The Labute approximate surface area is 137 Å². The van der Waals surface area contributed by atoms with Crippen molar-refractivity contribution in [3.63, 3.8) is 0 Å². The highest BCUT2D eigenvalue weighted by Gasteiger charge is 2.12. The van der Waals surface area contributed by atoms with E-state index >= 15 is 0 Å². The fraction of sp³-hybridized carbons (Fsp3) is 0.250. The van der Waals surface area contributed by atoms with Gasteiger partial charge in [-0.25, -0.2) is 0 Å². The maximum Gasteiger partial charge on any atom is 0.162 e. The van der Waals surface area contributed by atoms with Crippen LogP contribution in [-0.4, -0.2) is 13.2 Å². The van der Waals surface area contributed by atoms with E-state index in [2.05, 4.69) is 34.1 Å². The summed E-state index contributed by atoms with van der Waals surface area (Å²) in [6.45, 7) is 1.94. The van der Waals surface area contributed by atoms with Crippen molar-refractivity contribution in [1.29, 1.82) is 0 Å². The molecule has 0 atom stereocenters. The van der Waals surface area contributed by atoms with E-state index in [1.807, 2.05) is 18.2 Å². The Balaban J connectivity index is 1.88. The average Bonchev–Trinajstić information content (AvgIpc) is 2.72. The minimum absolute atomic E-state index is 0.528. The van der Waals surface area contributed by atoms with E-state index in [1.165, 1.54) is 0 Å². The third kappa shape index (κ3) is 3.54. The molecule has 3 nitrogen and oxygen atoms in total. The Hall–Kier alpha value is -1.17. The van der Waals surface area contributed by atoms with Crippen LogP contribution in [0.4, 0.5) is 0 Å². The van der Waals surface area contributed by atoms with Gasteiger partial charge in [-0.1, -0.05) is 33.8 Å². The number of nitrogens with two attached hydrogens (primary N) is 1. The van der Waals surface area contributed by atoms with Gasteiger partial charge in [-0.05, 0) is 35.9 Å². The Bertz CT molecular complexity index is 648. The van der Waals surface area contributed by atoms with Crippen LogP contribution in [0.3, 0.4) is 0 Å². The zero-order chi connectivity index (χ0) is 14.7. The lowest BCUT2D eigenvalue weighted by atomic mass is 10.2. The third-order valence-corrected chi connectivity index (χ3v) is 4.78. The molecule has 1 aliphatic heterocycles. The number of fused-ring (bicyclic) bond motifs is 1. The topological polar surface area (TPSA) is 44.5 Å². The molecule has 0 bridgehead atoms. The van der Waals surface area contributed by atoms with E-state index in [0.29, 0.717) is 19.8 Å². The predicted octanol–water partition coefficient (Wildman–Crippen LogP) is 4.22. The molecule has 0 saturated carbocycles. The Morgan fingerprint density at radius 3 is 2.67 bits per heavy atom. The summed E-state index contributed by atoms with van der Waals surface area (Å²) in [5.41, 5.74) is 6.95. The maximum atomic E-state index is 5.81. The summed E-state index contributed by atoms with van der Waals surface area (Å²) in [5, 5.41) is 0. The summed E-state index contributed by atoms with van der Waals surface area (Å²) < 4.78 is 12.4. The van der Waals surface area contributed by atoms with Gasteiger partial charge in [-0.2, -0.15) is 0 Å². The first-order chi connectivity index (χ1) is 10.3. The molecule has 110 valence electrons. The zero-order valence-corrected chi connectivity index (χ0v) is 13.9. The maximum absolute atomic E-state index is 5.81. The predicted molar refractivity (Wildman–Crippen MR) is 88.2 cm³/mol. The molecule has 1 aliphatic rings. The van der Waals surface area contributed by atoms with Crippen LogP contribution in [-0.2, 0) is 6.54 Å². The minimum Gasteiger partial charge on any atom is -0.490 e. The quantitative estimate of drug-likeness (QED) is 0.884. The second-order valence-corrected chi connectivity index (χ2v) is 6.75. The van der Waals surface area contributed by atoms with Gasteiger partial charge in [-0.3, -0.25) is 0 Å². The first-order valence-electron chi connectivity index (χ1n) is 6.82. The van der Waals surface area contributed by atoms with Crippen molar-refractivity contribution in [2.45, 2.75) is 22.8 Å². The molecule has 0 fully saturated rings. The largest absolute Gasteiger partial charge is 0.490 e. The molecule has 3 rings (SSSR count).